The van der Waals surface area contributed by atoms with E-state index in [0.717, 1.165) is 5.39 Å². The molecule has 0 aliphatic rings. The SMILES string of the molecule is [B]c1ccc2ccc(OC(F)(F)F)cc2c1. The first kappa shape index (κ1) is 10.9. The third-order valence-electron chi connectivity index (χ3n) is 2.07. The molecule has 5 heteroatoms. The second kappa shape index (κ2) is 3.74. The molecule has 0 saturated heterocycles. The van der Waals surface area contributed by atoms with Gasteiger partial charge in [0.05, 0.1) is 0 Å². The Hall–Kier alpha value is -1.65. The summed E-state index contributed by atoms with van der Waals surface area (Å²) in [7, 11) is 5.54. The van der Waals surface area contributed by atoms with Gasteiger partial charge < -0.3 is 4.74 Å². The van der Waals surface area contributed by atoms with E-state index in [-0.39, 0.29) is 5.75 Å². The van der Waals surface area contributed by atoms with Crippen molar-refractivity contribution in [2.24, 2.45) is 0 Å². The average molecular weight is 222 g/mol. The molecule has 0 aliphatic carbocycles. The van der Waals surface area contributed by atoms with Gasteiger partial charge in [0.25, 0.3) is 0 Å². The maximum Gasteiger partial charge on any atom is 0.573 e. The summed E-state index contributed by atoms with van der Waals surface area (Å²) in [5.41, 5.74) is 0.497. The average Bonchev–Trinajstić information content (AvgIpc) is 2.14. The van der Waals surface area contributed by atoms with E-state index in [0.29, 0.717) is 10.8 Å². The summed E-state index contributed by atoms with van der Waals surface area (Å²) >= 11 is 0. The predicted octanol–water partition coefficient (Wildman–Crippen LogP) is 2.53. The van der Waals surface area contributed by atoms with Gasteiger partial charge in [0.2, 0.25) is 0 Å². The zero-order valence-corrected chi connectivity index (χ0v) is 8.08. The van der Waals surface area contributed by atoms with Crippen LogP contribution in [0.4, 0.5) is 13.2 Å². The summed E-state index contributed by atoms with van der Waals surface area (Å²) in [5, 5.41) is 1.42. The van der Waals surface area contributed by atoms with E-state index in [2.05, 4.69) is 4.74 Å². The van der Waals surface area contributed by atoms with Crippen molar-refractivity contribution >= 4 is 24.1 Å². The van der Waals surface area contributed by atoms with Crippen molar-refractivity contribution in [1.82, 2.24) is 0 Å². The predicted molar refractivity (Wildman–Crippen MR) is 56.0 cm³/mol. The van der Waals surface area contributed by atoms with Crippen molar-refractivity contribution in [2.75, 3.05) is 0 Å². The lowest BCUT2D eigenvalue weighted by Crippen LogP contribution is -2.17. The Morgan fingerprint density at radius 3 is 2.31 bits per heavy atom. The number of hydrogen-bond donors (Lipinski definition) is 0. The highest BCUT2D eigenvalue weighted by molar-refractivity contribution is 6.33. The van der Waals surface area contributed by atoms with Gasteiger partial charge >= 0.3 is 6.36 Å². The molecule has 2 aromatic carbocycles. The van der Waals surface area contributed by atoms with Crippen LogP contribution in [-0.4, -0.2) is 14.2 Å². The topological polar surface area (TPSA) is 9.23 Å². The van der Waals surface area contributed by atoms with Crippen molar-refractivity contribution in [3.8, 4) is 5.75 Å². The first-order valence-electron chi connectivity index (χ1n) is 4.49. The molecule has 0 bridgehead atoms. The fourth-order valence-corrected chi connectivity index (χ4v) is 1.44. The number of benzene rings is 2. The Morgan fingerprint density at radius 1 is 0.938 bits per heavy atom. The second-order valence-electron chi connectivity index (χ2n) is 3.32. The Kier molecular flexibility index (Phi) is 2.54. The van der Waals surface area contributed by atoms with Gasteiger partial charge in [-0.15, -0.1) is 13.2 Å². The molecule has 16 heavy (non-hydrogen) atoms. The third-order valence-corrected chi connectivity index (χ3v) is 2.07. The standard InChI is InChI=1S/C11H6BF3O/c12-9-3-1-7-2-4-10(6-8(7)5-9)16-11(13,14)15/h1-6H. The summed E-state index contributed by atoms with van der Waals surface area (Å²) in [6.45, 7) is 0. The summed E-state index contributed by atoms with van der Waals surface area (Å²) in [5.74, 6) is -0.245. The van der Waals surface area contributed by atoms with Crippen LogP contribution in [0.1, 0.15) is 0 Å². The van der Waals surface area contributed by atoms with Crippen molar-refractivity contribution < 1.29 is 17.9 Å². The van der Waals surface area contributed by atoms with Gasteiger partial charge in [-0.3, -0.25) is 0 Å². The molecular formula is C11H6BF3O. The van der Waals surface area contributed by atoms with Crippen LogP contribution < -0.4 is 10.2 Å². The number of hydrogen-bond acceptors (Lipinski definition) is 1. The lowest BCUT2D eigenvalue weighted by atomic mass is 9.93. The first-order chi connectivity index (χ1) is 7.44. The molecule has 0 atom stereocenters. The summed E-state index contributed by atoms with van der Waals surface area (Å²) in [6.07, 6.45) is -4.67. The Labute approximate surface area is 91.2 Å². The molecule has 0 spiro atoms. The van der Waals surface area contributed by atoms with Crippen LogP contribution in [0.3, 0.4) is 0 Å². The van der Waals surface area contributed by atoms with E-state index in [1.807, 2.05) is 0 Å². The van der Waals surface area contributed by atoms with Crippen LogP contribution in [0.25, 0.3) is 10.8 Å². The molecular weight excluding hydrogens is 216 g/mol. The van der Waals surface area contributed by atoms with Gasteiger partial charge in [-0.25, -0.2) is 0 Å². The molecule has 80 valence electrons. The lowest BCUT2D eigenvalue weighted by Gasteiger charge is -2.09. The summed E-state index contributed by atoms with van der Waals surface area (Å²) in [6, 6.07) is 9.15. The largest absolute Gasteiger partial charge is 0.573 e. The minimum absolute atomic E-state index is 0.245. The van der Waals surface area contributed by atoms with E-state index in [1.54, 1.807) is 24.3 Å². The monoisotopic (exact) mass is 222 g/mol. The summed E-state index contributed by atoms with van der Waals surface area (Å²) < 4.78 is 39.7. The molecule has 0 fully saturated rings. The van der Waals surface area contributed by atoms with E-state index < -0.39 is 6.36 Å². The molecule has 0 unspecified atom stereocenters. The fourth-order valence-electron chi connectivity index (χ4n) is 1.44. The maximum atomic E-state index is 12.0. The molecule has 0 N–H and O–H groups in total. The fraction of sp³-hybridized carbons (Fsp3) is 0.0909. The van der Waals surface area contributed by atoms with Crippen molar-refractivity contribution in [1.29, 1.82) is 0 Å². The number of ether oxygens (including phenoxy) is 1. The lowest BCUT2D eigenvalue weighted by molar-refractivity contribution is -0.274. The summed E-state index contributed by atoms with van der Waals surface area (Å²) in [4.78, 5) is 0. The zero-order valence-electron chi connectivity index (χ0n) is 8.08. The molecule has 0 saturated carbocycles. The quantitative estimate of drug-likeness (QED) is 0.673. The molecule has 2 aromatic rings. The van der Waals surface area contributed by atoms with Crippen molar-refractivity contribution in [3.63, 3.8) is 0 Å². The second-order valence-corrected chi connectivity index (χ2v) is 3.32. The van der Waals surface area contributed by atoms with Crippen molar-refractivity contribution in [3.05, 3.63) is 36.4 Å². The van der Waals surface area contributed by atoms with Crippen LogP contribution in [0.5, 0.6) is 5.75 Å². The minimum atomic E-state index is -4.67. The molecule has 0 amide bonds. The highest BCUT2D eigenvalue weighted by Gasteiger charge is 2.31. The van der Waals surface area contributed by atoms with E-state index >= 15 is 0 Å². The molecule has 2 radical (unpaired) electrons. The number of fused-ring (bicyclic) bond motifs is 1. The van der Waals surface area contributed by atoms with Crippen LogP contribution in [0, 0.1) is 0 Å². The third kappa shape index (κ3) is 2.48. The van der Waals surface area contributed by atoms with Crippen LogP contribution in [-0.2, 0) is 0 Å². The minimum Gasteiger partial charge on any atom is -0.406 e. The van der Waals surface area contributed by atoms with Crippen molar-refractivity contribution in [2.45, 2.75) is 6.36 Å². The van der Waals surface area contributed by atoms with E-state index in [4.69, 9.17) is 7.85 Å². The van der Waals surface area contributed by atoms with Gasteiger partial charge in [0, 0.05) is 0 Å². The maximum absolute atomic E-state index is 12.0. The van der Waals surface area contributed by atoms with Crippen LogP contribution in [0.15, 0.2) is 36.4 Å². The molecule has 2 rings (SSSR count). The highest BCUT2D eigenvalue weighted by Crippen LogP contribution is 2.25. The number of halogens is 3. The molecule has 0 aliphatic heterocycles. The van der Waals surface area contributed by atoms with Gasteiger partial charge in [0.15, 0.2) is 0 Å². The van der Waals surface area contributed by atoms with Gasteiger partial charge in [-0.2, -0.15) is 0 Å². The van der Waals surface area contributed by atoms with E-state index in [9.17, 15) is 13.2 Å². The Morgan fingerprint density at radius 2 is 1.62 bits per heavy atom. The Balaban J connectivity index is 2.43. The number of rotatable bonds is 1. The molecule has 0 aromatic heterocycles. The smallest absolute Gasteiger partial charge is 0.406 e. The first-order valence-corrected chi connectivity index (χ1v) is 4.49. The normalized spacial score (nSPS) is 11.7. The van der Waals surface area contributed by atoms with Gasteiger partial charge in [0.1, 0.15) is 13.6 Å². The van der Waals surface area contributed by atoms with Gasteiger partial charge in [-0.1, -0.05) is 29.7 Å². The zero-order chi connectivity index (χ0) is 11.8. The van der Waals surface area contributed by atoms with Gasteiger partial charge in [-0.05, 0) is 22.9 Å². The number of alkyl halides is 3. The van der Waals surface area contributed by atoms with Crippen LogP contribution >= 0.6 is 0 Å². The Bertz CT molecular complexity index is 522. The van der Waals surface area contributed by atoms with E-state index in [1.165, 1.54) is 12.1 Å². The highest BCUT2D eigenvalue weighted by atomic mass is 19.4. The van der Waals surface area contributed by atoms with Crippen LogP contribution in [0.2, 0.25) is 0 Å². The molecule has 0 heterocycles. The molecule has 1 nitrogen and oxygen atoms in total.